The minimum atomic E-state index is -0.446. The number of aliphatic hydroxyl groups excluding tert-OH is 1. The Labute approximate surface area is 123 Å². The number of pyridine rings is 1. The molecule has 0 aromatic carbocycles. The van der Waals surface area contributed by atoms with Crippen molar-refractivity contribution in [3.8, 4) is 0 Å². The molecule has 3 heterocycles. The Morgan fingerprint density at radius 2 is 2.24 bits per heavy atom. The van der Waals surface area contributed by atoms with Crippen LogP contribution in [0.4, 0.5) is 5.82 Å². The van der Waals surface area contributed by atoms with E-state index in [-0.39, 0.29) is 6.10 Å². The minimum absolute atomic E-state index is 0.377. The van der Waals surface area contributed by atoms with Crippen molar-refractivity contribution in [3.05, 3.63) is 23.9 Å². The number of hydrogen-bond acceptors (Lipinski definition) is 5. The summed E-state index contributed by atoms with van der Waals surface area (Å²) in [6, 6.07) is 3.34. The summed E-state index contributed by atoms with van der Waals surface area (Å²) in [6.45, 7) is 2.24. The molecule has 6 heteroatoms. The SMILES string of the molecule is NC(=O)c1ccnc(N2CCC3(CC2)OCCC[C@@H]3O)c1. The molecule has 0 saturated carbocycles. The molecule has 2 aliphatic heterocycles. The molecule has 2 fully saturated rings. The molecule has 1 atom stereocenters. The summed E-state index contributed by atoms with van der Waals surface area (Å²) in [5.74, 6) is 0.310. The van der Waals surface area contributed by atoms with E-state index in [0.29, 0.717) is 5.56 Å². The number of primary amides is 1. The van der Waals surface area contributed by atoms with Crippen LogP contribution in [0.3, 0.4) is 0 Å². The highest BCUT2D eigenvalue weighted by atomic mass is 16.5. The van der Waals surface area contributed by atoms with Crippen molar-refractivity contribution in [3.63, 3.8) is 0 Å². The second-order valence-electron chi connectivity index (χ2n) is 5.83. The third-order valence-electron chi connectivity index (χ3n) is 4.58. The summed E-state index contributed by atoms with van der Waals surface area (Å²) < 4.78 is 5.89. The number of carbonyl (C=O) groups excluding carboxylic acids is 1. The summed E-state index contributed by atoms with van der Waals surface area (Å²) >= 11 is 0. The van der Waals surface area contributed by atoms with Gasteiger partial charge in [-0.1, -0.05) is 0 Å². The van der Waals surface area contributed by atoms with E-state index in [1.54, 1.807) is 18.3 Å². The quantitative estimate of drug-likeness (QED) is 0.837. The summed E-state index contributed by atoms with van der Waals surface area (Å²) in [6.07, 6.45) is 4.52. The predicted octanol–water partition coefficient (Wildman–Crippen LogP) is 0.691. The van der Waals surface area contributed by atoms with E-state index in [4.69, 9.17) is 10.5 Å². The van der Waals surface area contributed by atoms with Crippen LogP contribution in [0.15, 0.2) is 18.3 Å². The Hall–Kier alpha value is -1.66. The van der Waals surface area contributed by atoms with Crippen LogP contribution in [0.5, 0.6) is 0 Å². The molecule has 0 bridgehead atoms. The number of nitrogens with two attached hydrogens (primary N) is 1. The second-order valence-corrected chi connectivity index (χ2v) is 5.83. The van der Waals surface area contributed by atoms with E-state index < -0.39 is 11.5 Å². The molecule has 3 N–H and O–H groups in total. The summed E-state index contributed by atoms with van der Waals surface area (Å²) in [5.41, 5.74) is 5.38. The fraction of sp³-hybridized carbons (Fsp3) is 0.600. The maximum atomic E-state index is 11.2. The number of rotatable bonds is 2. The lowest BCUT2D eigenvalue weighted by Crippen LogP contribution is -2.55. The number of nitrogens with zero attached hydrogens (tertiary/aromatic N) is 2. The average Bonchev–Trinajstić information content (AvgIpc) is 2.51. The summed E-state index contributed by atoms with van der Waals surface area (Å²) in [7, 11) is 0. The van der Waals surface area contributed by atoms with Gasteiger partial charge in [0.25, 0.3) is 0 Å². The lowest BCUT2D eigenvalue weighted by molar-refractivity contribution is -0.164. The Morgan fingerprint density at radius 1 is 1.48 bits per heavy atom. The maximum Gasteiger partial charge on any atom is 0.248 e. The molecule has 1 amide bonds. The number of amides is 1. The number of aliphatic hydroxyl groups is 1. The van der Waals surface area contributed by atoms with Gasteiger partial charge in [-0.3, -0.25) is 4.79 Å². The van der Waals surface area contributed by atoms with Gasteiger partial charge in [-0.15, -0.1) is 0 Å². The van der Waals surface area contributed by atoms with Crippen LogP contribution in [0, 0.1) is 0 Å². The third kappa shape index (κ3) is 2.73. The van der Waals surface area contributed by atoms with Crippen LogP contribution in [0.1, 0.15) is 36.0 Å². The molecular formula is C15H21N3O3. The van der Waals surface area contributed by atoms with Crippen LogP contribution >= 0.6 is 0 Å². The van der Waals surface area contributed by atoms with Gasteiger partial charge in [-0.05, 0) is 37.8 Å². The lowest BCUT2D eigenvalue weighted by atomic mass is 9.82. The molecule has 1 spiro atoms. The predicted molar refractivity (Wildman–Crippen MR) is 78.1 cm³/mol. The van der Waals surface area contributed by atoms with Crippen molar-refractivity contribution in [1.82, 2.24) is 4.98 Å². The Kier molecular flexibility index (Phi) is 3.82. The highest BCUT2D eigenvalue weighted by molar-refractivity contribution is 5.93. The van der Waals surface area contributed by atoms with Crippen molar-refractivity contribution < 1.29 is 14.6 Å². The summed E-state index contributed by atoms with van der Waals surface area (Å²) in [5, 5.41) is 10.2. The molecule has 114 valence electrons. The largest absolute Gasteiger partial charge is 0.390 e. The normalized spacial score (nSPS) is 25.0. The van der Waals surface area contributed by atoms with E-state index in [1.807, 2.05) is 0 Å². The molecule has 0 aliphatic carbocycles. The van der Waals surface area contributed by atoms with E-state index in [0.717, 1.165) is 51.2 Å². The molecule has 0 radical (unpaired) electrons. The van der Waals surface area contributed by atoms with Crippen molar-refractivity contribution in [1.29, 1.82) is 0 Å². The first-order valence-corrected chi connectivity index (χ1v) is 7.44. The van der Waals surface area contributed by atoms with Gasteiger partial charge in [0.2, 0.25) is 5.91 Å². The average molecular weight is 291 g/mol. The molecule has 6 nitrogen and oxygen atoms in total. The van der Waals surface area contributed by atoms with Crippen molar-refractivity contribution in [2.75, 3.05) is 24.6 Å². The van der Waals surface area contributed by atoms with E-state index in [1.165, 1.54) is 0 Å². The second kappa shape index (κ2) is 5.61. The topological polar surface area (TPSA) is 88.7 Å². The van der Waals surface area contributed by atoms with E-state index >= 15 is 0 Å². The van der Waals surface area contributed by atoms with Gasteiger partial charge in [0.05, 0.1) is 11.7 Å². The van der Waals surface area contributed by atoms with Crippen LogP contribution in [0.2, 0.25) is 0 Å². The fourth-order valence-corrected chi connectivity index (χ4v) is 3.25. The van der Waals surface area contributed by atoms with Crippen LogP contribution in [-0.2, 0) is 4.74 Å². The van der Waals surface area contributed by atoms with Gasteiger partial charge in [0.15, 0.2) is 0 Å². The lowest BCUT2D eigenvalue weighted by Gasteiger charge is -2.47. The van der Waals surface area contributed by atoms with E-state index in [2.05, 4.69) is 9.88 Å². The van der Waals surface area contributed by atoms with Gasteiger partial charge in [-0.25, -0.2) is 4.98 Å². The Morgan fingerprint density at radius 3 is 2.90 bits per heavy atom. The van der Waals surface area contributed by atoms with Crippen LogP contribution < -0.4 is 10.6 Å². The zero-order valence-corrected chi connectivity index (χ0v) is 12.0. The smallest absolute Gasteiger partial charge is 0.248 e. The monoisotopic (exact) mass is 291 g/mol. The first kappa shape index (κ1) is 14.3. The van der Waals surface area contributed by atoms with Crippen molar-refractivity contribution in [2.24, 2.45) is 5.73 Å². The first-order chi connectivity index (χ1) is 10.1. The Balaban J connectivity index is 1.71. The molecular weight excluding hydrogens is 270 g/mol. The number of ether oxygens (including phenoxy) is 1. The summed E-state index contributed by atoms with van der Waals surface area (Å²) in [4.78, 5) is 17.7. The van der Waals surface area contributed by atoms with Crippen LogP contribution in [-0.4, -0.2) is 47.4 Å². The van der Waals surface area contributed by atoms with Gasteiger partial charge >= 0.3 is 0 Å². The number of piperidine rings is 1. The van der Waals surface area contributed by atoms with Gasteiger partial charge < -0.3 is 20.5 Å². The number of carbonyl (C=O) groups is 1. The molecule has 1 aromatic heterocycles. The third-order valence-corrected chi connectivity index (χ3v) is 4.58. The highest BCUT2D eigenvalue weighted by Gasteiger charge is 2.43. The number of aromatic nitrogens is 1. The fourth-order valence-electron chi connectivity index (χ4n) is 3.25. The zero-order chi connectivity index (χ0) is 14.9. The minimum Gasteiger partial charge on any atom is -0.390 e. The molecule has 3 rings (SSSR count). The molecule has 2 aliphatic rings. The van der Waals surface area contributed by atoms with Gasteiger partial charge in [0, 0.05) is 31.5 Å². The molecule has 0 unspecified atom stereocenters. The van der Waals surface area contributed by atoms with Gasteiger partial charge in [-0.2, -0.15) is 0 Å². The van der Waals surface area contributed by atoms with E-state index in [9.17, 15) is 9.90 Å². The Bertz CT molecular complexity index is 527. The maximum absolute atomic E-state index is 11.2. The number of anilines is 1. The molecule has 2 saturated heterocycles. The molecule has 21 heavy (non-hydrogen) atoms. The molecule has 1 aromatic rings. The van der Waals surface area contributed by atoms with Crippen molar-refractivity contribution in [2.45, 2.75) is 37.4 Å². The van der Waals surface area contributed by atoms with Crippen molar-refractivity contribution >= 4 is 11.7 Å². The standard InChI is InChI=1S/C15H21N3O3/c16-14(20)11-3-6-17-13(10-11)18-7-4-15(5-8-18)12(19)2-1-9-21-15/h3,6,10,12,19H,1-2,4-5,7-9H2,(H2,16,20)/t12-/m0/s1. The number of hydrogen-bond donors (Lipinski definition) is 2. The van der Waals surface area contributed by atoms with Crippen LogP contribution in [0.25, 0.3) is 0 Å². The van der Waals surface area contributed by atoms with Gasteiger partial charge in [0.1, 0.15) is 5.82 Å². The highest BCUT2D eigenvalue weighted by Crippen LogP contribution is 2.36. The first-order valence-electron chi connectivity index (χ1n) is 7.44. The zero-order valence-electron chi connectivity index (χ0n) is 12.0.